The summed E-state index contributed by atoms with van der Waals surface area (Å²) in [6, 6.07) is 0. The van der Waals surface area contributed by atoms with Crippen molar-refractivity contribution < 1.29 is 0 Å². The fourth-order valence-corrected chi connectivity index (χ4v) is 8.56. The molecule has 0 nitrogen and oxygen atoms in total. The number of hydrogen-bond acceptors (Lipinski definition) is 0. The Hall–Kier alpha value is 0.720. The van der Waals surface area contributed by atoms with Crippen LogP contribution in [0.5, 0.6) is 0 Å². The normalized spacial score (nSPS) is 25.6. The van der Waals surface area contributed by atoms with Crippen molar-refractivity contribution in [2.45, 2.75) is 153 Å². The molecule has 0 aromatic rings. The molecule has 154 valence electrons. The molecule has 2 fully saturated rings. The molecule has 0 saturated heterocycles. The zero-order valence-electron chi connectivity index (χ0n) is 17.5. The van der Waals surface area contributed by atoms with Gasteiger partial charge in [-0.2, -0.15) is 0 Å². The molecule has 0 bridgehead atoms. The second-order valence-corrected chi connectivity index (χ2v) is 12.5. The van der Waals surface area contributed by atoms with Gasteiger partial charge in [0, 0.05) is 0 Å². The molecule has 0 heterocycles. The minimum absolute atomic E-state index is 0.274. The summed E-state index contributed by atoms with van der Waals surface area (Å²) in [6.07, 6.45) is 32.1. The second-order valence-electron chi connectivity index (χ2n) is 9.17. The Labute approximate surface area is 171 Å². The fraction of sp³-hybridized carbons (Fsp3) is 1.00. The second kappa shape index (κ2) is 15.6. The molecular formula is C24H46ClP. The summed E-state index contributed by atoms with van der Waals surface area (Å²) in [5.41, 5.74) is 1.73. The molecule has 2 aliphatic carbocycles. The summed E-state index contributed by atoms with van der Waals surface area (Å²) in [5.74, 6) is 0. The van der Waals surface area contributed by atoms with Gasteiger partial charge in [0.15, 0.2) is 0 Å². The van der Waals surface area contributed by atoms with E-state index in [4.69, 9.17) is 11.2 Å². The Morgan fingerprint density at radius 1 is 0.346 bits per heavy atom. The molecule has 0 aliphatic heterocycles. The van der Waals surface area contributed by atoms with Crippen LogP contribution >= 0.6 is 18.5 Å². The Morgan fingerprint density at radius 2 is 0.538 bits per heavy atom. The van der Waals surface area contributed by atoms with Crippen molar-refractivity contribution in [3.05, 3.63) is 0 Å². The largest absolute Gasteiger partial charge is 0.0958 e. The average molecular weight is 401 g/mol. The first-order chi connectivity index (χ1) is 12.9. The van der Waals surface area contributed by atoms with Crippen molar-refractivity contribution >= 4 is 18.5 Å². The summed E-state index contributed by atoms with van der Waals surface area (Å²) in [6.45, 7) is 0. The molecule has 0 aromatic carbocycles. The van der Waals surface area contributed by atoms with Crippen LogP contribution < -0.4 is 0 Å². The summed E-state index contributed by atoms with van der Waals surface area (Å²) >= 11 is 7.29. The van der Waals surface area contributed by atoms with Gasteiger partial charge in [0.05, 0.1) is 0 Å². The van der Waals surface area contributed by atoms with Crippen LogP contribution in [0.15, 0.2) is 0 Å². The SMILES string of the molecule is ClP(C1CCCCCCCCCCC1)C1CCCCCCCCCCC1. The predicted octanol–water partition coefficient (Wildman–Crippen LogP) is 9.97. The van der Waals surface area contributed by atoms with E-state index in [-0.39, 0.29) is 7.27 Å². The number of rotatable bonds is 2. The lowest BCUT2D eigenvalue weighted by Gasteiger charge is -2.30. The maximum absolute atomic E-state index is 7.29. The van der Waals surface area contributed by atoms with Gasteiger partial charge in [0.1, 0.15) is 0 Å². The predicted molar refractivity (Wildman–Crippen MR) is 122 cm³/mol. The van der Waals surface area contributed by atoms with E-state index in [1.165, 1.54) is 141 Å². The smallest absolute Gasteiger partial charge is 0.00339 e. The molecule has 0 aromatic heterocycles. The standard InChI is InChI=1S/C24H46ClP/c25-26(23-19-15-11-7-3-1-4-8-12-16-20-23)24-21-17-13-9-5-2-6-10-14-18-22-24/h23-24H,1-22H2. The lowest BCUT2D eigenvalue weighted by atomic mass is 10.0. The molecular weight excluding hydrogens is 355 g/mol. The van der Waals surface area contributed by atoms with Crippen molar-refractivity contribution in [1.82, 2.24) is 0 Å². The minimum atomic E-state index is -0.274. The first kappa shape index (κ1) is 23.0. The summed E-state index contributed by atoms with van der Waals surface area (Å²) in [5, 5.41) is 0. The molecule has 0 unspecified atom stereocenters. The zero-order valence-corrected chi connectivity index (χ0v) is 19.2. The third kappa shape index (κ3) is 10.3. The van der Waals surface area contributed by atoms with Crippen LogP contribution in [0.25, 0.3) is 0 Å². The van der Waals surface area contributed by atoms with Crippen molar-refractivity contribution in [2.75, 3.05) is 0 Å². The Bertz CT molecular complexity index is 265. The molecule has 26 heavy (non-hydrogen) atoms. The van der Waals surface area contributed by atoms with Gasteiger partial charge in [-0.1, -0.05) is 127 Å². The molecule has 0 atom stereocenters. The van der Waals surface area contributed by atoms with E-state index >= 15 is 0 Å². The maximum atomic E-state index is 7.29. The molecule has 0 amide bonds. The Morgan fingerprint density at radius 3 is 0.769 bits per heavy atom. The molecule has 0 spiro atoms. The van der Waals surface area contributed by atoms with Gasteiger partial charge in [-0.15, -0.1) is 0 Å². The van der Waals surface area contributed by atoms with Crippen molar-refractivity contribution in [3.8, 4) is 0 Å². The third-order valence-corrected chi connectivity index (χ3v) is 10.9. The van der Waals surface area contributed by atoms with Crippen LogP contribution in [0.3, 0.4) is 0 Å². The third-order valence-electron chi connectivity index (χ3n) is 6.85. The topological polar surface area (TPSA) is 0 Å². The molecule has 2 heteroatoms. The van der Waals surface area contributed by atoms with Crippen LogP contribution in [0, 0.1) is 0 Å². The van der Waals surface area contributed by atoms with Crippen LogP contribution in [-0.2, 0) is 0 Å². The molecule has 2 rings (SSSR count). The highest BCUT2D eigenvalue weighted by molar-refractivity contribution is 7.85. The van der Waals surface area contributed by atoms with Crippen molar-refractivity contribution in [2.24, 2.45) is 0 Å². The van der Waals surface area contributed by atoms with Gasteiger partial charge < -0.3 is 0 Å². The monoisotopic (exact) mass is 400 g/mol. The molecule has 0 radical (unpaired) electrons. The lowest BCUT2D eigenvalue weighted by Crippen LogP contribution is -2.14. The van der Waals surface area contributed by atoms with E-state index in [2.05, 4.69) is 0 Å². The minimum Gasteiger partial charge on any atom is -0.0958 e. The summed E-state index contributed by atoms with van der Waals surface area (Å²) in [4.78, 5) is 0. The maximum Gasteiger partial charge on any atom is -0.00339 e. The summed E-state index contributed by atoms with van der Waals surface area (Å²) < 4.78 is 0. The van der Waals surface area contributed by atoms with Gasteiger partial charge in [0.25, 0.3) is 0 Å². The number of halogens is 1. The van der Waals surface area contributed by atoms with Crippen LogP contribution in [0.2, 0.25) is 0 Å². The van der Waals surface area contributed by atoms with Crippen molar-refractivity contribution in [1.29, 1.82) is 0 Å². The van der Waals surface area contributed by atoms with E-state index in [9.17, 15) is 0 Å². The average Bonchev–Trinajstić information content (AvgIpc) is 2.62. The van der Waals surface area contributed by atoms with Gasteiger partial charge in [0.2, 0.25) is 0 Å². The van der Waals surface area contributed by atoms with Crippen LogP contribution in [-0.4, -0.2) is 11.3 Å². The Kier molecular flexibility index (Phi) is 13.8. The highest BCUT2D eigenvalue weighted by Crippen LogP contribution is 2.57. The lowest BCUT2D eigenvalue weighted by molar-refractivity contribution is 0.496. The van der Waals surface area contributed by atoms with E-state index in [1.807, 2.05) is 0 Å². The molecule has 0 N–H and O–H groups in total. The summed E-state index contributed by atoms with van der Waals surface area (Å²) in [7, 11) is -0.274. The van der Waals surface area contributed by atoms with Crippen LogP contribution in [0.4, 0.5) is 0 Å². The molecule has 2 saturated carbocycles. The van der Waals surface area contributed by atoms with Crippen molar-refractivity contribution in [3.63, 3.8) is 0 Å². The highest BCUT2D eigenvalue weighted by Gasteiger charge is 2.26. The number of hydrogen-bond donors (Lipinski definition) is 0. The molecule has 2 aliphatic rings. The quantitative estimate of drug-likeness (QED) is 0.404. The zero-order chi connectivity index (χ0) is 18.3. The van der Waals surface area contributed by atoms with Gasteiger partial charge >= 0.3 is 0 Å². The highest BCUT2D eigenvalue weighted by atomic mass is 35.7. The first-order valence-electron chi connectivity index (χ1n) is 12.3. The van der Waals surface area contributed by atoms with E-state index in [1.54, 1.807) is 0 Å². The van der Waals surface area contributed by atoms with E-state index in [0.29, 0.717) is 0 Å². The van der Waals surface area contributed by atoms with E-state index < -0.39 is 0 Å². The first-order valence-corrected chi connectivity index (χ1v) is 14.7. The van der Waals surface area contributed by atoms with Gasteiger partial charge in [-0.05, 0) is 44.3 Å². The van der Waals surface area contributed by atoms with E-state index in [0.717, 1.165) is 11.3 Å². The van der Waals surface area contributed by atoms with Gasteiger partial charge in [-0.3, -0.25) is 0 Å². The van der Waals surface area contributed by atoms with Crippen LogP contribution in [0.1, 0.15) is 141 Å². The Balaban J connectivity index is 1.85. The fourth-order valence-electron chi connectivity index (χ4n) is 5.07. The van der Waals surface area contributed by atoms with Gasteiger partial charge in [-0.25, -0.2) is 0 Å².